The van der Waals surface area contributed by atoms with Crippen molar-refractivity contribution in [1.82, 2.24) is 9.97 Å². The van der Waals surface area contributed by atoms with Gasteiger partial charge in [0, 0.05) is 17.1 Å². The maximum Gasteiger partial charge on any atom is 0.265 e. The largest absolute Gasteiger partial charge is 0.481 e. The van der Waals surface area contributed by atoms with Gasteiger partial charge in [-0.15, -0.1) is 0 Å². The summed E-state index contributed by atoms with van der Waals surface area (Å²) in [7, 11) is -3.87. The van der Waals surface area contributed by atoms with E-state index in [0.29, 0.717) is 22.8 Å². The van der Waals surface area contributed by atoms with E-state index in [-0.39, 0.29) is 16.8 Å². The molecule has 0 aliphatic rings. The molecular formula is C23H26N4O4S. The number of carbonyl (C=O) groups excluding carboxylic acids is 1. The molecule has 0 radical (unpaired) electrons. The van der Waals surface area contributed by atoms with Crippen LogP contribution in [-0.4, -0.2) is 30.4 Å². The van der Waals surface area contributed by atoms with Crippen molar-refractivity contribution in [3.63, 3.8) is 0 Å². The van der Waals surface area contributed by atoms with Gasteiger partial charge in [-0.3, -0.25) is 4.79 Å². The number of para-hydroxylation sites is 1. The molecule has 0 saturated heterocycles. The second-order valence-electron chi connectivity index (χ2n) is 7.31. The van der Waals surface area contributed by atoms with Gasteiger partial charge in [-0.2, -0.15) is 0 Å². The van der Waals surface area contributed by atoms with Crippen molar-refractivity contribution in [2.24, 2.45) is 0 Å². The van der Waals surface area contributed by atoms with Gasteiger partial charge in [0.1, 0.15) is 5.75 Å². The molecule has 2 N–H and O–H groups in total. The highest BCUT2D eigenvalue weighted by Gasteiger charge is 2.18. The zero-order chi connectivity index (χ0) is 23.3. The smallest absolute Gasteiger partial charge is 0.265 e. The molecule has 0 spiro atoms. The lowest BCUT2D eigenvalue weighted by molar-refractivity contribution is -0.122. The van der Waals surface area contributed by atoms with Gasteiger partial charge in [0.05, 0.1) is 4.90 Å². The van der Waals surface area contributed by atoms with Gasteiger partial charge in [-0.05, 0) is 69.2 Å². The number of sulfonamides is 1. The molecule has 0 bridgehead atoms. The number of nitrogens with zero attached hydrogens (tertiary/aromatic N) is 2. The fraction of sp³-hybridized carbons (Fsp3) is 0.261. The summed E-state index contributed by atoms with van der Waals surface area (Å²) in [6, 6.07) is 15.1. The van der Waals surface area contributed by atoms with Crippen LogP contribution >= 0.6 is 0 Å². The third-order valence-electron chi connectivity index (χ3n) is 4.67. The molecule has 2 aromatic carbocycles. The number of ether oxygens (including phenoxy) is 1. The second kappa shape index (κ2) is 9.78. The van der Waals surface area contributed by atoms with Gasteiger partial charge < -0.3 is 10.1 Å². The maximum absolute atomic E-state index is 12.6. The zero-order valence-corrected chi connectivity index (χ0v) is 19.2. The third-order valence-corrected chi connectivity index (χ3v) is 6.01. The van der Waals surface area contributed by atoms with Gasteiger partial charge in [-0.1, -0.05) is 25.1 Å². The van der Waals surface area contributed by atoms with E-state index in [9.17, 15) is 13.2 Å². The number of hydrogen-bond donors (Lipinski definition) is 2. The van der Waals surface area contributed by atoms with Crippen molar-refractivity contribution in [2.75, 3.05) is 10.0 Å². The van der Waals surface area contributed by atoms with Crippen LogP contribution in [0.3, 0.4) is 0 Å². The van der Waals surface area contributed by atoms with Gasteiger partial charge in [-0.25, -0.2) is 23.1 Å². The monoisotopic (exact) mass is 454 g/mol. The van der Waals surface area contributed by atoms with E-state index >= 15 is 0 Å². The minimum Gasteiger partial charge on any atom is -0.481 e. The highest BCUT2D eigenvalue weighted by molar-refractivity contribution is 7.92. The molecule has 1 atom stereocenters. The van der Waals surface area contributed by atoms with Crippen LogP contribution in [0.5, 0.6) is 5.75 Å². The Balaban J connectivity index is 1.66. The number of benzene rings is 2. The Bertz CT molecular complexity index is 1190. The van der Waals surface area contributed by atoms with Crippen molar-refractivity contribution < 1.29 is 17.9 Å². The summed E-state index contributed by atoms with van der Waals surface area (Å²) < 4.78 is 33.4. The van der Waals surface area contributed by atoms with E-state index < -0.39 is 16.1 Å². The summed E-state index contributed by atoms with van der Waals surface area (Å²) in [6.45, 7) is 7.20. The number of aromatic nitrogens is 2. The second-order valence-corrected chi connectivity index (χ2v) is 9.00. The quantitative estimate of drug-likeness (QED) is 0.535. The van der Waals surface area contributed by atoms with Crippen LogP contribution < -0.4 is 14.8 Å². The predicted molar refractivity (Wildman–Crippen MR) is 123 cm³/mol. The minimum atomic E-state index is -3.87. The Morgan fingerprint density at radius 2 is 1.66 bits per heavy atom. The van der Waals surface area contributed by atoms with E-state index in [1.54, 1.807) is 26.8 Å². The van der Waals surface area contributed by atoms with Crippen LogP contribution in [0.2, 0.25) is 0 Å². The molecule has 32 heavy (non-hydrogen) atoms. The summed E-state index contributed by atoms with van der Waals surface area (Å²) in [4.78, 5) is 20.7. The topological polar surface area (TPSA) is 110 Å². The summed E-state index contributed by atoms with van der Waals surface area (Å²) in [5.74, 6) is 0.338. The number of nitrogens with one attached hydrogen (secondary N) is 2. The average Bonchev–Trinajstić information content (AvgIpc) is 2.73. The summed E-state index contributed by atoms with van der Waals surface area (Å²) in [5.41, 5.74) is 2.79. The molecule has 0 aliphatic heterocycles. The van der Waals surface area contributed by atoms with Crippen molar-refractivity contribution in [3.8, 4) is 5.75 Å². The first-order chi connectivity index (χ1) is 15.2. The number of hydrogen-bond acceptors (Lipinski definition) is 6. The number of amides is 1. The van der Waals surface area contributed by atoms with Crippen LogP contribution in [0.1, 0.15) is 30.8 Å². The zero-order valence-electron chi connectivity index (χ0n) is 18.4. The van der Waals surface area contributed by atoms with Crippen molar-refractivity contribution in [2.45, 2.75) is 45.1 Å². The molecule has 1 heterocycles. The number of aryl methyl sites for hydroxylation is 3. The van der Waals surface area contributed by atoms with Gasteiger partial charge in [0.15, 0.2) is 6.10 Å². The molecule has 1 unspecified atom stereocenters. The number of anilines is 2. The lowest BCUT2D eigenvalue weighted by Gasteiger charge is -2.17. The van der Waals surface area contributed by atoms with E-state index in [4.69, 9.17) is 4.74 Å². The first-order valence-corrected chi connectivity index (χ1v) is 11.7. The Hall–Kier alpha value is -3.46. The first-order valence-electron chi connectivity index (χ1n) is 10.2. The highest BCUT2D eigenvalue weighted by Crippen LogP contribution is 2.21. The molecule has 3 rings (SSSR count). The van der Waals surface area contributed by atoms with Crippen LogP contribution in [0, 0.1) is 13.8 Å². The fourth-order valence-corrected chi connectivity index (χ4v) is 4.01. The van der Waals surface area contributed by atoms with Crippen LogP contribution in [0.15, 0.2) is 59.5 Å². The molecule has 1 amide bonds. The molecule has 8 nitrogen and oxygen atoms in total. The summed E-state index contributed by atoms with van der Waals surface area (Å²) in [6.07, 6.45) is 0.0660. The molecule has 168 valence electrons. The molecule has 0 aliphatic carbocycles. The van der Waals surface area contributed by atoms with Crippen LogP contribution in [-0.2, 0) is 21.2 Å². The van der Waals surface area contributed by atoms with Crippen molar-refractivity contribution >= 4 is 27.6 Å². The average molecular weight is 455 g/mol. The Morgan fingerprint density at radius 1 is 1.03 bits per heavy atom. The first kappa shape index (κ1) is 23.2. The van der Waals surface area contributed by atoms with E-state index in [0.717, 1.165) is 12.0 Å². The standard InChI is InChI=1S/C23H26N4O4S/c1-5-18-8-6-7-9-21(18)31-17(4)22(28)26-19-10-12-20(13-11-19)32(29,30)27-23-24-15(2)14-16(3)25-23/h6-14,17H,5H2,1-4H3,(H,26,28)(H,24,25,27). The summed E-state index contributed by atoms with van der Waals surface area (Å²) in [5, 5.41) is 2.74. The molecular weight excluding hydrogens is 428 g/mol. The van der Waals surface area contributed by atoms with Crippen molar-refractivity contribution in [3.05, 3.63) is 71.5 Å². The molecule has 0 fully saturated rings. The lowest BCUT2D eigenvalue weighted by Crippen LogP contribution is -2.30. The SMILES string of the molecule is CCc1ccccc1OC(C)C(=O)Nc1ccc(S(=O)(=O)Nc2nc(C)cc(C)n2)cc1. The molecule has 1 aromatic heterocycles. The van der Waals surface area contributed by atoms with E-state index in [1.807, 2.05) is 31.2 Å². The minimum absolute atomic E-state index is 0.0122. The van der Waals surface area contributed by atoms with Crippen LogP contribution in [0.25, 0.3) is 0 Å². The lowest BCUT2D eigenvalue weighted by atomic mass is 10.1. The normalized spacial score (nSPS) is 12.1. The van der Waals surface area contributed by atoms with Gasteiger partial charge >= 0.3 is 0 Å². The molecule has 0 saturated carbocycles. The van der Waals surface area contributed by atoms with Gasteiger partial charge in [0.25, 0.3) is 15.9 Å². The van der Waals surface area contributed by atoms with E-state index in [2.05, 4.69) is 20.0 Å². The maximum atomic E-state index is 12.6. The fourth-order valence-electron chi connectivity index (χ4n) is 3.07. The Morgan fingerprint density at radius 3 is 2.28 bits per heavy atom. The third kappa shape index (κ3) is 5.82. The summed E-state index contributed by atoms with van der Waals surface area (Å²) >= 11 is 0. The number of rotatable bonds is 8. The van der Waals surface area contributed by atoms with Crippen molar-refractivity contribution in [1.29, 1.82) is 0 Å². The Kier molecular flexibility index (Phi) is 7.09. The highest BCUT2D eigenvalue weighted by atomic mass is 32.2. The Labute approximate surface area is 188 Å². The van der Waals surface area contributed by atoms with Gasteiger partial charge in [0.2, 0.25) is 5.95 Å². The molecule has 3 aromatic rings. The molecule has 9 heteroatoms. The van der Waals surface area contributed by atoms with E-state index in [1.165, 1.54) is 24.3 Å². The predicted octanol–water partition coefficient (Wildman–Crippen LogP) is 3.86. The number of carbonyl (C=O) groups is 1. The van der Waals surface area contributed by atoms with Crippen LogP contribution in [0.4, 0.5) is 11.6 Å².